The fraction of sp³-hybridized carbons (Fsp3) is 0.511. The number of pyridine rings is 1. The molecule has 0 unspecified atom stereocenters. The van der Waals surface area contributed by atoms with Crippen molar-refractivity contribution in [3.8, 4) is 36.2 Å². The Morgan fingerprint density at radius 1 is 0.983 bits per heavy atom. The van der Waals surface area contributed by atoms with Crippen molar-refractivity contribution in [2.24, 2.45) is 22.7 Å². The van der Waals surface area contributed by atoms with Crippen LogP contribution in [0.4, 0.5) is 13.2 Å². The predicted molar refractivity (Wildman–Crippen MR) is 212 cm³/mol. The van der Waals surface area contributed by atoms with Crippen LogP contribution in [-0.2, 0) is 43.2 Å². The molecule has 0 amide bonds. The van der Waals surface area contributed by atoms with Crippen LogP contribution in [0.1, 0.15) is 95.0 Å². The number of aliphatic hydroxyl groups is 3. The van der Waals surface area contributed by atoms with Crippen molar-refractivity contribution >= 4 is 17.9 Å². The van der Waals surface area contributed by atoms with E-state index in [1.807, 2.05) is 12.2 Å². The third-order valence-corrected chi connectivity index (χ3v) is 9.90. The van der Waals surface area contributed by atoms with Crippen LogP contribution in [0.3, 0.4) is 0 Å². The smallest absolute Gasteiger partial charge is 0.416 e. The number of esters is 3. The van der Waals surface area contributed by atoms with Gasteiger partial charge in [-0.25, -0.2) is 0 Å². The predicted octanol–water partition coefficient (Wildman–Crippen LogP) is 6.97. The van der Waals surface area contributed by atoms with Gasteiger partial charge >= 0.3 is 24.1 Å². The molecule has 11 nitrogen and oxygen atoms in total. The number of carbonyl (C=O) groups is 3. The molecule has 1 heterocycles. The first kappa shape index (κ1) is 48.2. The van der Waals surface area contributed by atoms with Gasteiger partial charge in [-0.2, -0.15) is 13.2 Å². The molecule has 0 bridgehead atoms. The Morgan fingerprint density at radius 3 is 2.25 bits per heavy atom. The Morgan fingerprint density at radius 2 is 1.63 bits per heavy atom. The van der Waals surface area contributed by atoms with Gasteiger partial charge in [0.15, 0.2) is 5.75 Å². The number of terminal acetylenes is 2. The molecule has 1 fully saturated rings. The largest absolute Gasteiger partial charge is 0.491 e. The van der Waals surface area contributed by atoms with Crippen LogP contribution in [-0.4, -0.2) is 63.1 Å². The summed E-state index contributed by atoms with van der Waals surface area (Å²) < 4.78 is 61.3. The molecule has 1 saturated carbocycles. The summed E-state index contributed by atoms with van der Waals surface area (Å²) in [6, 6.07) is 4.31. The van der Waals surface area contributed by atoms with E-state index in [-0.39, 0.29) is 62.9 Å². The lowest BCUT2D eigenvalue weighted by Crippen LogP contribution is -2.27. The van der Waals surface area contributed by atoms with E-state index in [4.69, 9.17) is 31.8 Å². The number of benzene rings is 1. The van der Waals surface area contributed by atoms with E-state index in [0.717, 1.165) is 12.1 Å². The van der Waals surface area contributed by atoms with E-state index < -0.39 is 64.7 Å². The Kier molecular flexibility index (Phi) is 17.8. The summed E-state index contributed by atoms with van der Waals surface area (Å²) in [5.74, 6) is 2.35. The van der Waals surface area contributed by atoms with Crippen molar-refractivity contribution in [3.63, 3.8) is 0 Å². The first-order valence-corrected chi connectivity index (χ1v) is 19.3. The number of aliphatic hydroxyl groups excluding tert-OH is 3. The zero-order valence-electron chi connectivity index (χ0n) is 34.1. The first-order chi connectivity index (χ1) is 27.7. The number of alkyl halides is 3. The number of carbonyl (C=O) groups excluding carboxylic acids is 3. The standard InChI is InChI=1S/C45H54F3NO10/c1-8-21-43(4,5)41(54)57-26-30-25-49-29(3)40(36(30)28-58-42(55)44(6,7)22-9-2)59-39(53)18-13-11-10-12-17-34-35(38(52)24-37(34)51)20-19-32(50)27-56-33-16-14-15-31(23-33)45(46,47)48/h1-2,10,12,14-16,19-20,23,25,32,34-35,37-38,50-52H,11,13,17-18,21-22,24,26-28H2,3-7H3/b12-10-,20-19+/t32-,34-,35-,37+,38-/m1/s1. The topological polar surface area (TPSA) is 162 Å². The maximum Gasteiger partial charge on any atom is 0.416 e. The van der Waals surface area contributed by atoms with Crippen molar-refractivity contribution in [1.82, 2.24) is 4.98 Å². The highest BCUT2D eigenvalue weighted by molar-refractivity contribution is 5.77. The Labute approximate surface area is 344 Å². The van der Waals surface area contributed by atoms with E-state index in [0.29, 0.717) is 36.1 Å². The maximum atomic E-state index is 13.1. The minimum atomic E-state index is -4.54. The molecule has 5 atom stereocenters. The lowest BCUT2D eigenvalue weighted by Gasteiger charge is -2.23. The Balaban J connectivity index is 1.60. The summed E-state index contributed by atoms with van der Waals surface area (Å²) in [5.41, 5.74) is -1.82. The van der Waals surface area contributed by atoms with Crippen molar-refractivity contribution in [3.05, 3.63) is 77.2 Å². The minimum Gasteiger partial charge on any atom is -0.491 e. The molecule has 1 aliphatic rings. The number of halogens is 3. The van der Waals surface area contributed by atoms with Gasteiger partial charge in [-0.05, 0) is 78.0 Å². The van der Waals surface area contributed by atoms with Gasteiger partial charge < -0.3 is 34.3 Å². The number of nitrogens with zero attached hydrogens (tertiary/aromatic N) is 1. The third-order valence-electron chi connectivity index (χ3n) is 9.90. The zero-order chi connectivity index (χ0) is 44.0. The molecule has 0 radical (unpaired) electrons. The van der Waals surface area contributed by atoms with E-state index in [1.165, 1.54) is 24.4 Å². The molecule has 3 N–H and O–H groups in total. The lowest BCUT2D eigenvalue weighted by molar-refractivity contribution is -0.156. The number of ether oxygens (including phenoxy) is 4. The van der Waals surface area contributed by atoms with Gasteiger partial charge in [0.1, 0.15) is 31.7 Å². The van der Waals surface area contributed by atoms with Gasteiger partial charge in [-0.3, -0.25) is 19.4 Å². The average Bonchev–Trinajstić information content (AvgIpc) is 3.44. The second-order valence-corrected chi connectivity index (χ2v) is 15.8. The van der Waals surface area contributed by atoms with E-state index in [9.17, 15) is 42.9 Å². The number of unbranched alkanes of at least 4 members (excludes halogenated alkanes) is 1. The molecular formula is C45H54F3NO10. The van der Waals surface area contributed by atoms with Gasteiger partial charge in [-0.1, -0.05) is 30.4 Å². The highest BCUT2D eigenvalue weighted by Crippen LogP contribution is 2.37. The molecule has 1 aromatic carbocycles. The van der Waals surface area contributed by atoms with Crippen LogP contribution < -0.4 is 9.47 Å². The first-order valence-electron chi connectivity index (χ1n) is 19.3. The molecule has 0 aliphatic heterocycles. The van der Waals surface area contributed by atoms with Crippen LogP contribution in [0.15, 0.2) is 54.8 Å². The molecule has 59 heavy (non-hydrogen) atoms. The third kappa shape index (κ3) is 14.6. The fourth-order valence-corrected chi connectivity index (χ4v) is 6.28. The van der Waals surface area contributed by atoms with Crippen LogP contribution in [0, 0.1) is 54.3 Å². The molecule has 0 saturated heterocycles. The second kappa shape index (κ2) is 21.7. The van der Waals surface area contributed by atoms with E-state index >= 15 is 0 Å². The number of rotatable bonds is 20. The number of aromatic nitrogens is 1. The summed E-state index contributed by atoms with van der Waals surface area (Å²) in [4.78, 5) is 43.2. The number of hydrogen-bond acceptors (Lipinski definition) is 11. The maximum absolute atomic E-state index is 13.1. The summed E-state index contributed by atoms with van der Waals surface area (Å²) in [5, 5.41) is 31.6. The molecule has 3 rings (SSSR count). The van der Waals surface area contributed by atoms with Gasteiger partial charge in [0.05, 0.1) is 34.3 Å². The number of aryl methyl sites for hydroxylation is 1. The summed E-state index contributed by atoms with van der Waals surface area (Å²) in [6.45, 7) is 7.34. The summed E-state index contributed by atoms with van der Waals surface area (Å²) in [7, 11) is 0. The van der Waals surface area contributed by atoms with E-state index in [1.54, 1.807) is 40.7 Å². The molecule has 0 spiro atoms. The highest BCUT2D eigenvalue weighted by Gasteiger charge is 2.39. The number of allylic oxidation sites excluding steroid dienone is 2. The molecule has 14 heteroatoms. The summed E-state index contributed by atoms with van der Waals surface area (Å²) in [6.07, 6.45) is 13.2. The number of hydrogen-bond donors (Lipinski definition) is 3. The normalized spacial score (nSPS) is 18.9. The molecule has 2 aromatic rings. The Bertz CT molecular complexity index is 1910. The molecule has 1 aromatic heterocycles. The van der Waals surface area contributed by atoms with Crippen LogP contribution >= 0.6 is 0 Å². The lowest BCUT2D eigenvalue weighted by atomic mass is 9.89. The van der Waals surface area contributed by atoms with Crippen molar-refractivity contribution in [2.75, 3.05) is 6.61 Å². The fourth-order valence-electron chi connectivity index (χ4n) is 6.28. The van der Waals surface area contributed by atoms with Crippen LogP contribution in [0.5, 0.6) is 11.5 Å². The van der Waals surface area contributed by atoms with Crippen molar-refractivity contribution in [1.29, 1.82) is 0 Å². The molecular weight excluding hydrogens is 771 g/mol. The zero-order valence-corrected chi connectivity index (χ0v) is 34.1. The van der Waals surface area contributed by atoms with Crippen LogP contribution in [0.25, 0.3) is 0 Å². The molecule has 320 valence electrons. The van der Waals surface area contributed by atoms with Gasteiger partial charge in [0, 0.05) is 48.9 Å². The van der Waals surface area contributed by atoms with Gasteiger partial charge in [0.25, 0.3) is 0 Å². The second-order valence-electron chi connectivity index (χ2n) is 15.8. The van der Waals surface area contributed by atoms with Crippen LogP contribution in [0.2, 0.25) is 0 Å². The minimum absolute atomic E-state index is 0.00822. The van der Waals surface area contributed by atoms with Gasteiger partial charge in [0.2, 0.25) is 0 Å². The highest BCUT2D eigenvalue weighted by atomic mass is 19.4. The molecule has 1 aliphatic carbocycles. The summed E-state index contributed by atoms with van der Waals surface area (Å²) >= 11 is 0. The van der Waals surface area contributed by atoms with Crippen molar-refractivity contribution in [2.45, 2.75) is 117 Å². The van der Waals surface area contributed by atoms with Crippen molar-refractivity contribution < 1.29 is 61.8 Å². The SMILES string of the molecule is C#CCC(C)(C)C(=O)OCc1cnc(C)c(OC(=O)CCC/C=C\C[C@@H]2[C@@H](/C=C/[C@@H](O)COc3cccc(C(F)(F)F)c3)[C@H](O)C[C@@H]2O)c1COC(=O)C(C)(C)CC#C. The monoisotopic (exact) mass is 825 g/mol. The van der Waals surface area contributed by atoms with Gasteiger partial charge in [-0.15, -0.1) is 24.7 Å². The average molecular weight is 826 g/mol. The Hall–Kier alpha value is -5.15. The van der Waals surface area contributed by atoms with E-state index in [2.05, 4.69) is 16.8 Å². The quantitative estimate of drug-likeness (QED) is 0.0548.